The van der Waals surface area contributed by atoms with E-state index < -0.39 is 0 Å². The molecule has 0 radical (unpaired) electrons. The maximum absolute atomic E-state index is 12.7. The largest absolute Gasteiger partial charge is 0.462 e. The van der Waals surface area contributed by atoms with Gasteiger partial charge in [-0.1, -0.05) is 24.3 Å². The van der Waals surface area contributed by atoms with E-state index in [1.807, 2.05) is 24.3 Å². The van der Waals surface area contributed by atoms with Gasteiger partial charge in [-0.05, 0) is 104 Å². The third-order valence-corrected chi connectivity index (χ3v) is 8.28. The topological polar surface area (TPSA) is 76.7 Å². The maximum Gasteiger partial charge on any atom is 0.338 e. The van der Waals surface area contributed by atoms with E-state index in [1.165, 1.54) is 0 Å². The number of hydrogen-bond acceptors (Lipinski definition) is 6. The summed E-state index contributed by atoms with van der Waals surface area (Å²) in [4.78, 5) is 25.4. The minimum atomic E-state index is -0.306. The highest BCUT2D eigenvalue weighted by Crippen LogP contribution is 2.37. The summed E-state index contributed by atoms with van der Waals surface area (Å²) >= 11 is 0. The van der Waals surface area contributed by atoms with Crippen molar-refractivity contribution < 1.29 is 19.1 Å². The molecule has 0 spiro atoms. The Kier molecular flexibility index (Phi) is 7.54. The predicted octanol–water partition coefficient (Wildman–Crippen LogP) is 6.00. The molecule has 2 unspecified atom stereocenters. The highest BCUT2D eigenvalue weighted by Gasteiger charge is 2.45. The Hall–Kier alpha value is -2.70. The zero-order chi connectivity index (χ0) is 27.9. The third kappa shape index (κ3) is 6.47. The summed E-state index contributed by atoms with van der Waals surface area (Å²) in [5.74, 6) is -0.0865. The number of nitrogens with one attached hydrogen (secondary N) is 2. The van der Waals surface area contributed by atoms with Crippen LogP contribution in [0.3, 0.4) is 0 Å². The number of carbonyl (C=O) groups is 2. The predicted molar refractivity (Wildman–Crippen MR) is 151 cm³/mol. The van der Waals surface area contributed by atoms with Crippen LogP contribution in [0.1, 0.15) is 88.9 Å². The summed E-state index contributed by atoms with van der Waals surface area (Å²) in [6.07, 6.45) is 1.92. The first-order chi connectivity index (χ1) is 17.6. The summed E-state index contributed by atoms with van der Waals surface area (Å²) in [5.41, 5.74) is 2.91. The molecule has 0 bridgehead atoms. The number of ether oxygens (including phenoxy) is 2. The van der Waals surface area contributed by atoms with Crippen molar-refractivity contribution in [1.29, 1.82) is 0 Å². The van der Waals surface area contributed by atoms with Crippen LogP contribution in [-0.2, 0) is 9.47 Å². The van der Waals surface area contributed by atoms with E-state index in [2.05, 4.69) is 66.0 Å². The van der Waals surface area contributed by atoms with Crippen molar-refractivity contribution in [1.82, 2.24) is 10.6 Å². The summed E-state index contributed by atoms with van der Waals surface area (Å²) in [7, 11) is 0. The van der Waals surface area contributed by atoms with E-state index in [0.29, 0.717) is 24.3 Å². The van der Waals surface area contributed by atoms with Gasteiger partial charge in [0, 0.05) is 34.0 Å². The van der Waals surface area contributed by atoms with E-state index in [-0.39, 0.29) is 45.9 Å². The van der Waals surface area contributed by atoms with E-state index in [9.17, 15) is 9.59 Å². The van der Waals surface area contributed by atoms with Gasteiger partial charge in [0.05, 0.1) is 24.3 Å². The zero-order valence-corrected chi connectivity index (χ0v) is 24.2. The van der Waals surface area contributed by atoms with Crippen LogP contribution in [0.15, 0.2) is 48.5 Å². The summed E-state index contributed by atoms with van der Waals surface area (Å²) in [6.45, 7) is 18.2. The van der Waals surface area contributed by atoms with E-state index >= 15 is 0 Å². The van der Waals surface area contributed by atoms with Gasteiger partial charge >= 0.3 is 11.9 Å². The second kappa shape index (κ2) is 10.1. The van der Waals surface area contributed by atoms with Crippen molar-refractivity contribution in [3.63, 3.8) is 0 Å². The van der Waals surface area contributed by atoms with Crippen LogP contribution in [0.2, 0.25) is 0 Å². The van der Waals surface area contributed by atoms with Gasteiger partial charge in [-0.25, -0.2) is 9.59 Å². The van der Waals surface area contributed by atoms with Gasteiger partial charge < -0.3 is 20.1 Å². The second-order valence-corrected chi connectivity index (χ2v) is 13.6. The van der Waals surface area contributed by atoms with Gasteiger partial charge in [0.15, 0.2) is 0 Å². The van der Waals surface area contributed by atoms with Gasteiger partial charge in [0.25, 0.3) is 0 Å². The lowest BCUT2D eigenvalue weighted by Crippen LogP contribution is -2.45. The molecule has 2 atom stereocenters. The van der Waals surface area contributed by atoms with Gasteiger partial charge in [-0.3, -0.25) is 0 Å². The minimum Gasteiger partial charge on any atom is -0.462 e. The molecule has 2 aromatic carbocycles. The number of rotatable bonds is 7. The number of hydrogen-bond donors (Lipinski definition) is 2. The molecule has 6 heteroatoms. The van der Waals surface area contributed by atoms with Crippen molar-refractivity contribution in [3.8, 4) is 11.1 Å². The van der Waals surface area contributed by atoms with Gasteiger partial charge in [-0.2, -0.15) is 0 Å². The number of esters is 2. The Bertz CT molecular complexity index is 1070. The smallest absolute Gasteiger partial charge is 0.338 e. The average Bonchev–Trinajstić information content (AvgIpc) is 3.18. The fraction of sp³-hybridized carbons (Fsp3) is 0.562. The standard InChI is InChI=1S/C32H44N2O4/c1-29(2)17-25(31(5,6)33-29)19-37-27(35)23-13-9-21(10-14-23)22-11-15-24(16-12-22)28(36)38-20-26-18-30(3,4)34-32(26,7)8/h9-16,25-26,33-34H,17-20H2,1-8H3. The molecule has 2 saturated heterocycles. The molecule has 2 N–H and O–H groups in total. The minimum absolute atomic E-state index is 0.0378. The summed E-state index contributed by atoms with van der Waals surface area (Å²) in [5, 5.41) is 7.24. The Labute approximate surface area is 227 Å². The Morgan fingerprint density at radius 3 is 1.21 bits per heavy atom. The third-order valence-electron chi connectivity index (χ3n) is 8.28. The van der Waals surface area contributed by atoms with E-state index in [1.54, 1.807) is 24.3 Å². The molecule has 38 heavy (non-hydrogen) atoms. The van der Waals surface area contributed by atoms with Crippen LogP contribution in [-0.4, -0.2) is 47.3 Å². The fourth-order valence-electron chi connectivity index (χ4n) is 6.44. The maximum atomic E-state index is 12.7. The quantitative estimate of drug-likeness (QED) is 0.436. The van der Waals surface area contributed by atoms with Crippen LogP contribution >= 0.6 is 0 Å². The number of carbonyl (C=O) groups excluding carboxylic acids is 2. The first-order valence-corrected chi connectivity index (χ1v) is 13.7. The summed E-state index contributed by atoms with van der Waals surface area (Å²) in [6, 6.07) is 14.8. The first kappa shape index (κ1) is 28.3. The molecule has 2 heterocycles. The molecule has 2 fully saturated rings. The van der Waals surface area contributed by atoms with Crippen molar-refractivity contribution >= 4 is 11.9 Å². The van der Waals surface area contributed by atoms with Crippen LogP contribution < -0.4 is 10.6 Å². The molecule has 6 nitrogen and oxygen atoms in total. The molecule has 206 valence electrons. The lowest BCUT2D eigenvalue weighted by atomic mass is 9.88. The molecule has 0 saturated carbocycles. The van der Waals surface area contributed by atoms with E-state index in [0.717, 1.165) is 24.0 Å². The molecule has 2 aliphatic heterocycles. The lowest BCUT2D eigenvalue weighted by molar-refractivity contribution is 0.0390. The second-order valence-electron chi connectivity index (χ2n) is 13.6. The molecule has 2 aliphatic rings. The van der Waals surface area contributed by atoms with Gasteiger partial charge in [-0.15, -0.1) is 0 Å². The average molecular weight is 521 g/mol. The van der Waals surface area contributed by atoms with Gasteiger partial charge in [0.2, 0.25) is 0 Å². The van der Waals surface area contributed by atoms with Crippen LogP contribution in [0.25, 0.3) is 11.1 Å². The SMILES string of the molecule is CC1(C)CC(COC(=O)c2ccc(-c3ccc(C(=O)OCC4CC(C)(C)NC4(C)C)cc3)cc2)C(C)(C)N1. The number of benzene rings is 2. The van der Waals surface area contributed by atoms with Crippen molar-refractivity contribution in [2.24, 2.45) is 11.8 Å². The first-order valence-electron chi connectivity index (χ1n) is 13.7. The monoisotopic (exact) mass is 520 g/mol. The Morgan fingerprint density at radius 1 is 0.632 bits per heavy atom. The molecule has 4 rings (SSSR count). The Balaban J connectivity index is 1.31. The molecule has 0 aliphatic carbocycles. The lowest BCUT2D eigenvalue weighted by Gasteiger charge is -2.28. The van der Waals surface area contributed by atoms with Crippen LogP contribution in [0.5, 0.6) is 0 Å². The Morgan fingerprint density at radius 2 is 0.947 bits per heavy atom. The molecule has 0 amide bonds. The molecule has 0 aromatic heterocycles. The zero-order valence-electron chi connectivity index (χ0n) is 24.2. The fourth-order valence-corrected chi connectivity index (χ4v) is 6.44. The normalized spacial score (nSPS) is 24.6. The highest BCUT2D eigenvalue weighted by molar-refractivity contribution is 5.91. The highest BCUT2D eigenvalue weighted by atomic mass is 16.5. The van der Waals surface area contributed by atoms with Gasteiger partial charge in [0.1, 0.15) is 0 Å². The van der Waals surface area contributed by atoms with Crippen molar-refractivity contribution in [2.75, 3.05) is 13.2 Å². The molecule has 2 aromatic rings. The molecular formula is C32H44N2O4. The van der Waals surface area contributed by atoms with Crippen LogP contribution in [0.4, 0.5) is 0 Å². The summed E-state index contributed by atoms with van der Waals surface area (Å²) < 4.78 is 11.4. The van der Waals surface area contributed by atoms with Crippen molar-refractivity contribution in [3.05, 3.63) is 59.7 Å². The van der Waals surface area contributed by atoms with Crippen LogP contribution in [0, 0.1) is 11.8 Å². The van der Waals surface area contributed by atoms with Crippen molar-refractivity contribution in [2.45, 2.75) is 90.4 Å². The molecular weight excluding hydrogens is 476 g/mol. The van der Waals surface area contributed by atoms with E-state index in [4.69, 9.17) is 9.47 Å².